The lowest BCUT2D eigenvalue weighted by Crippen LogP contribution is -2.34. The summed E-state index contributed by atoms with van der Waals surface area (Å²) in [6.07, 6.45) is 0.0463. The first-order valence-corrected chi connectivity index (χ1v) is 6.99. The number of rotatable bonds is 4. The zero-order valence-corrected chi connectivity index (χ0v) is 12.0. The zero-order chi connectivity index (χ0) is 16.4. The molecule has 3 rings (SSSR count). The summed E-state index contributed by atoms with van der Waals surface area (Å²) in [5.74, 6) is -0.704. The van der Waals surface area contributed by atoms with Gasteiger partial charge in [0.2, 0.25) is 5.91 Å². The number of nitro benzene ring substituents is 1. The number of amides is 2. The van der Waals surface area contributed by atoms with Crippen LogP contribution in [0.4, 0.5) is 17.1 Å². The highest BCUT2D eigenvalue weighted by Gasteiger charge is 2.39. The van der Waals surface area contributed by atoms with E-state index in [9.17, 15) is 19.7 Å². The Hall–Kier alpha value is -3.22. The number of non-ortho nitro benzene ring substituents is 1. The van der Waals surface area contributed by atoms with Crippen molar-refractivity contribution >= 4 is 28.9 Å². The van der Waals surface area contributed by atoms with Crippen molar-refractivity contribution in [2.75, 3.05) is 10.2 Å². The maximum Gasteiger partial charge on any atom is 0.269 e. The Kier molecular flexibility index (Phi) is 3.76. The van der Waals surface area contributed by atoms with E-state index in [1.807, 2.05) is 30.3 Å². The quantitative estimate of drug-likeness (QED) is 0.531. The fraction of sp³-hybridized carbons (Fsp3) is 0.125. The zero-order valence-electron chi connectivity index (χ0n) is 12.0. The van der Waals surface area contributed by atoms with Crippen molar-refractivity contribution in [3.8, 4) is 0 Å². The molecule has 2 amide bonds. The molecule has 1 aliphatic heterocycles. The number of benzene rings is 2. The molecule has 2 aromatic carbocycles. The first-order valence-electron chi connectivity index (χ1n) is 6.99. The number of carbonyl (C=O) groups excluding carboxylic acids is 2. The van der Waals surface area contributed by atoms with Gasteiger partial charge in [0, 0.05) is 17.8 Å². The van der Waals surface area contributed by atoms with Crippen LogP contribution in [0.3, 0.4) is 0 Å². The molecule has 1 saturated heterocycles. The number of nitrogens with one attached hydrogen (secondary N) is 1. The van der Waals surface area contributed by atoms with Gasteiger partial charge in [-0.3, -0.25) is 19.7 Å². The SMILES string of the molecule is O=C1CC(Nc2ccccc2)C(=O)N1c1ccc([N+](=O)[O-])cc1. The third-order valence-corrected chi connectivity index (χ3v) is 3.58. The van der Waals surface area contributed by atoms with Gasteiger partial charge in [-0.2, -0.15) is 0 Å². The van der Waals surface area contributed by atoms with Gasteiger partial charge in [0.1, 0.15) is 6.04 Å². The van der Waals surface area contributed by atoms with Crippen LogP contribution in [0.5, 0.6) is 0 Å². The van der Waals surface area contributed by atoms with Crippen molar-refractivity contribution in [1.82, 2.24) is 0 Å². The molecule has 7 heteroatoms. The lowest BCUT2D eigenvalue weighted by Gasteiger charge is -2.16. The standard InChI is InChI=1S/C16H13N3O4/c20-15-10-14(17-11-4-2-1-3-5-11)16(21)18(15)12-6-8-13(9-7-12)19(22)23/h1-9,14,17H,10H2. The van der Waals surface area contributed by atoms with Gasteiger partial charge < -0.3 is 5.32 Å². The minimum atomic E-state index is -0.639. The normalized spacial score (nSPS) is 17.4. The van der Waals surface area contributed by atoms with Gasteiger partial charge in [0.25, 0.3) is 11.6 Å². The van der Waals surface area contributed by atoms with Crippen LogP contribution in [0.15, 0.2) is 54.6 Å². The molecule has 1 unspecified atom stereocenters. The maximum atomic E-state index is 12.4. The maximum absolute atomic E-state index is 12.4. The Labute approximate surface area is 131 Å². The number of anilines is 2. The minimum Gasteiger partial charge on any atom is -0.373 e. The van der Waals surface area contributed by atoms with E-state index in [0.29, 0.717) is 5.69 Å². The second-order valence-corrected chi connectivity index (χ2v) is 5.11. The van der Waals surface area contributed by atoms with E-state index < -0.39 is 11.0 Å². The van der Waals surface area contributed by atoms with Gasteiger partial charge in [0.05, 0.1) is 17.0 Å². The smallest absolute Gasteiger partial charge is 0.269 e. The molecular weight excluding hydrogens is 298 g/mol. The summed E-state index contributed by atoms with van der Waals surface area (Å²) in [7, 11) is 0. The number of imide groups is 1. The molecule has 1 fully saturated rings. The second-order valence-electron chi connectivity index (χ2n) is 5.11. The van der Waals surface area contributed by atoms with Crippen LogP contribution < -0.4 is 10.2 Å². The van der Waals surface area contributed by atoms with Crippen molar-refractivity contribution in [3.05, 3.63) is 64.7 Å². The van der Waals surface area contributed by atoms with Crippen LogP contribution >= 0.6 is 0 Å². The van der Waals surface area contributed by atoms with E-state index in [4.69, 9.17) is 0 Å². The van der Waals surface area contributed by atoms with E-state index in [0.717, 1.165) is 10.6 Å². The molecule has 1 atom stereocenters. The molecule has 23 heavy (non-hydrogen) atoms. The number of nitrogens with zero attached hydrogens (tertiary/aromatic N) is 2. The molecule has 0 spiro atoms. The Morgan fingerprint density at radius 1 is 1.04 bits per heavy atom. The molecule has 0 aromatic heterocycles. The molecule has 1 aliphatic rings. The summed E-state index contributed by atoms with van der Waals surface area (Å²) in [6, 6.07) is 13.9. The van der Waals surface area contributed by atoms with Crippen LogP contribution in [0.1, 0.15) is 6.42 Å². The summed E-state index contributed by atoms with van der Waals surface area (Å²) in [6.45, 7) is 0. The van der Waals surface area contributed by atoms with Gasteiger partial charge in [0.15, 0.2) is 0 Å². The highest BCUT2D eigenvalue weighted by atomic mass is 16.6. The highest BCUT2D eigenvalue weighted by Crippen LogP contribution is 2.26. The Morgan fingerprint density at radius 3 is 2.30 bits per heavy atom. The molecule has 0 saturated carbocycles. The van der Waals surface area contributed by atoms with Gasteiger partial charge in [-0.05, 0) is 24.3 Å². The number of carbonyl (C=O) groups is 2. The molecule has 1 N–H and O–H groups in total. The monoisotopic (exact) mass is 311 g/mol. The highest BCUT2D eigenvalue weighted by molar-refractivity contribution is 6.23. The molecule has 0 bridgehead atoms. The average molecular weight is 311 g/mol. The molecule has 7 nitrogen and oxygen atoms in total. The van der Waals surface area contributed by atoms with Crippen LogP contribution in [0.2, 0.25) is 0 Å². The van der Waals surface area contributed by atoms with Crippen molar-refractivity contribution in [1.29, 1.82) is 0 Å². The van der Waals surface area contributed by atoms with Crippen LogP contribution in [-0.4, -0.2) is 22.8 Å². The van der Waals surface area contributed by atoms with Crippen LogP contribution in [0, 0.1) is 10.1 Å². The molecular formula is C16H13N3O4. The first-order chi connectivity index (χ1) is 11.1. The number of nitro groups is 1. The number of para-hydroxylation sites is 1. The fourth-order valence-corrected chi connectivity index (χ4v) is 2.47. The first kappa shape index (κ1) is 14.7. The molecule has 2 aromatic rings. The summed E-state index contributed by atoms with van der Waals surface area (Å²) in [5.41, 5.74) is 0.999. The molecule has 0 radical (unpaired) electrons. The Bertz CT molecular complexity index is 759. The van der Waals surface area contributed by atoms with E-state index in [1.54, 1.807) is 0 Å². The van der Waals surface area contributed by atoms with Gasteiger partial charge in [-0.15, -0.1) is 0 Å². The summed E-state index contributed by atoms with van der Waals surface area (Å²) in [5, 5.41) is 13.7. The third kappa shape index (κ3) is 2.89. The van der Waals surface area contributed by atoms with E-state index in [2.05, 4.69) is 5.32 Å². The predicted molar refractivity (Wildman–Crippen MR) is 84.1 cm³/mol. The summed E-state index contributed by atoms with van der Waals surface area (Å²) >= 11 is 0. The van der Waals surface area contributed by atoms with Crippen LogP contribution in [0.25, 0.3) is 0 Å². The lowest BCUT2D eigenvalue weighted by atomic mass is 10.2. The van der Waals surface area contributed by atoms with Crippen molar-refractivity contribution in [3.63, 3.8) is 0 Å². The van der Waals surface area contributed by atoms with Crippen molar-refractivity contribution in [2.24, 2.45) is 0 Å². The molecule has 116 valence electrons. The van der Waals surface area contributed by atoms with Gasteiger partial charge >= 0.3 is 0 Å². The minimum absolute atomic E-state index is 0.0463. The van der Waals surface area contributed by atoms with E-state index in [1.165, 1.54) is 24.3 Å². The fourth-order valence-electron chi connectivity index (χ4n) is 2.47. The van der Waals surface area contributed by atoms with Crippen molar-refractivity contribution in [2.45, 2.75) is 12.5 Å². The van der Waals surface area contributed by atoms with Crippen LogP contribution in [-0.2, 0) is 9.59 Å². The third-order valence-electron chi connectivity index (χ3n) is 3.58. The summed E-state index contributed by atoms with van der Waals surface area (Å²) in [4.78, 5) is 35.8. The molecule has 1 heterocycles. The molecule has 0 aliphatic carbocycles. The topological polar surface area (TPSA) is 92.6 Å². The number of hydrogen-bond acceptors (Lipinski definition) is 5. The second kappa shape index (κ2) is 5.88. The predicted octanol–water partition coefficient (Wildman–Crippen LogP) is 2.34. The number of hydrogen-bond donors (Lipinski definition) is 1. The summed E-state index contributed by atoms with van der Waals surface area (Å²) < 4.78 is 0. The largest absolute Gasteiger partial charge is 0.373 e. The van der Waals surface area contributed by atoms with Gasteiger partial charge in [-0.1, -0.05) is 18.2 Å². The average Bonchev–Trinajstić information content (AvgIpc) is 2.82. The van der Waals surface area contributed by atoms with E-state index in [-0.39, 0.29) is 23.9 Å². The van der Waals surface area contributed by atoms with Gasteiger partial charge in [-0.25, -0.2) is 4.90 Å². The Morgan fingerprint density at radius 2 is 1.70 bits per heavy atom. The lowest BCUT2D eigenvalue weighted by molar-refractivity contribution is -0.384. The van der Waals surface area contributed by atoms with E-state index >= 15 is 0 Å². The Balaban J connectivity index is 1.79. The van der Waals surface area contributed by atoms with Crippen molar-refractivity contribution < 1.29 is 14.5 Å².